The lowest BCUT2D eigenvalue weighted by Crippen LogP contribution is -2.28. The second kappa shape index (κ2) is 5.96. The summed E-state index contributed by atoms with van der Waals surface area (Å²) < 4.78 is 4.79. The largest absolute Gasteiger partial charge is 0.340 e. The number of carbonyl (C=O) groups excluding carboxylic acids is 2. The number of nitrogens with zero attached hydrogens (tertiary/aromatic N) is 2. The molecule has 1 aromatic carbocycles. The predicted octanol–water partition coefficient (Wildman–Crippen LogP) is 1.90. The molecule has 0 aliphatic heterocycles. The number of nitrogens with one attached hydrogen (secondary N) is 2. The summed E-state index contributed by atoms with van der Waals surface area (Å²) in [5.41, 5.74) is 1.08. The summed E-state index contributed by atoms with van der Waals surface area (Å²) >= 11 is 0. The van der Waals surface area contributed by atoms with Gasteiger partial charge in [0.25, 0.3) is 0 Å². The van der Waals surface area contributed by atoms with E-state index in [9.17, 15) is 9.59 Å². The molecule has 1 aromatic heterocycles. The van der Waals surface area contributed by atoms with Crippen LogP contribution in [0, 0.1) is 6.92 Å². The van der Waals surface area contributed by atoms with Crippen LogP contribution in [-0.4, -0.2) is 22.0 Å². The third-order valence-corrected chi connectivity index (χ3v) is 2.50. The van der Waals surface area contributed by atoms with Gasteiger partial charge < -0.3 is 15.2 Å². The van der Waals surface area contributed by atoms with Crippen molar-refractivity contribution in [2.75, 3.05) is 5.32 Å². The second-order valence-corrected chi connectivity index (χ2v) is 4.17. The fraction of sp³-hybridized carbons (Fsp3) is 0.231. The molecule has 0 atom stereocenters. The number of benzene rings is 1. The predicted molar refractivity (Wildman–Crippen MR) is 71.3 cm³/mol. The summed E-state index contributed by atoms with van der Waals surface area (Å²) in [5, 5.41) is 8.87. The highest BCUT2D eigenvalue weighted by Gasteiger charge is 2.06. The Bertz CT molecular complexity index is 636. The molecular formula is C13H14N4O3. The van der Waals surface area contributed by atoms with Crippen LogP contribution < -0.4 is 10.6 Å². The van der Waals surface area contributed by atoms with Gasteiger partial charge in [0.1, 0.15) is 0 Å². The Morgan fingerprint density at radius 2 is 2.15 bits per heavy atom. The van der Waals surface area contributed by atoms with Crippen molar-refractivity contribution in [2.45, 2.75) is 20.4 Å². The summed E-state index contributed by atoms with van der Waals surface area (Å²) in [6.45, 7) is 3.30. The molecule has 1 heterocycles. The van der Waals surface area contributed by atoms with Crippen molar-refractivity contribution in [1.82, 2.24) is 15.5 Å². The lowest BCUT2D eigenvalue weighted by atomic mass is 10.1. The van der Waals surface area contributed by atoms with E-state index in [4.69, 9.17) is 4.52 Å². The third kappa shape index (κ3) is 3.64. The minimum Gasteiger partial charge on any atom is -0.340 e. The number of aryl methyl sites for hydroxylation is 1. The van der Waals surface area contributed by atoms with Gasteiger partial charge in [0, 0.05) is 18.2 Å². The number of hydrogen-bond donors (Lipinski definition) is 2. The van der Waals surface area contributed by atoms with Crippen LogP contribution in [0.3, 0.4) is 0 Å². The van der Waals surface area contributed by atoms with Crippen LogP contribution in [0.2, 0.25) is 0 Å². The van der Waals surface area contributed by atoms with Gasteiger partial charge in [-0.1, -0.05) is 17.3 Å². The molecule has 0 spiro atoms. The quantitative estimate of drug-likeness (QED) is 0.830. The smallest absolute Gasteiger partial charge is 0.319 e. The van der Waals surface area contributed by atoms with Crippen molar-refractivity contribution in [3.05, 3.63) is 41.5 Å². The molecule has 0 fully saturated rings. The van der Waals surface area contributed by atoms with Crippen molar-refractivity contribution in [1.29, 1.82) is 0 Å². The second-order valence-electron chi connectivity index (χ2n) is 4.17. The van der Waals surface area contributed by atoms with Crippen LogP contribution in [0.15, 0.2) is 28.8 Å². The Kier molecular flexibility index (Phi) is 4.09. The maximum Gasteiger partial charge on any atom is 0.319 e. The molecule has 7 heteroatoms. The van der Waals surface area contributed by atoms with E-state index < -0.39 is 6.03 Å². The van der Waals surface area contributed by atoms with Crippen molar-refractivity contribution in [2.24, 2.45) is 0 Å². The molecule has 2 N–H and O–H groups in total. The number of urea groups is 1. The van der Waals surface area contributed by atoms with Gasteiger partial charge in [0.15, 0.2) is 11.6 Å². The first-order chi connectivity index (χ1) is 9.54. The highest BCUT2D eigenvalue weighted by Crippen LogP contribution is 2.10. The fourth-order valence-electron chi connectivity index (χ4n) is 1.56. The lowest BCUT2D eigenvalue weighted by molar-refractivity contribution is 0.101. The molecule has 7 nitrogen and oxygen atoms in total. The highest BCUT2D eigenvalue weighted by molar-refractivity contribution is 5.96. The monoisotopic (exact) mass is 274 g/mol. The van der Waals surface area contributed by atoms with Crippen LogP contribution in [0.1, 0.15) is 29.0 Å². The summed E-state index contributed by atoms with van der Waals surface area (Å²) in [6, 6.07) is 6.29. The van der Waals surface area contributed by atoms with Crippen molar-refractivity contribution < 1.29 is 14.1 Å². The van der Waals surface area contributed by atoms with E-state index in [1.54, 1.807) is 31.2 Å². The summed E-state index contributed by atoms with van der Waals surface area (Å²) in [5.74, 6) is 0.780. The van der Waals surface area contributed by atoms with Crippen molar-refractivity contribution in [3.8, 4) is 0 Å². The zero-order chi connectivity index (χ0) is 14.5. The van der Waals surface area contributed by atoms with Crippen LogP contribution in [0.5, 0.6) is 0 Å². The van der Waals surface area contributed by atoms with E-state index in [-0.39, 0.29) is 12.3 Å². The number of amides is 2. The molecule has 0 saturated heterocycles. The Morgan fingerprint density at radius 3 is 2.80 bits per heavy atom. The van der Waals surface area contributed by atoms with Crippen LogP contribution in [0.25, 0.3) is 0 Å². The number of Topliss-reactive ketones (excluding diaryl/α,β-unsaturated/α-hetero) is 1. The number of aromatic nitrogens is 2. The summed E-state index contributed by atoms with van der Waals surface area (Å²) in [6.07, 6.45) is 0. The first-order valence-corrected chi connectivity index (χ1v) is 5.99. The van der Waals surface area contributed by atoms with E-state index in [0.29, 0.717) is 23.0 Å². The topological polar surface area (TPSA) is 97.1 Å². The zero-order valence-corrected chi connectivity index (χ0v) is 11.1. The Labute approximate surface area is 115 Å². The van der Waals surface area contributed by atoms with Gasteiger partial charge in [-0.15, -0.1) is 0 Å². The average molecular weight is 274 g/mol. The van der Waals surface area contributed by atoms with Crippen molar-refractivity contribution >= 4 is 17.5 Å². The van der Waals surface area contributed by atoms with E-state index in [1.165, 1.54) is 6.92 Å². The number of ketones is 1. The molecule has 20 heavy (non-hydrogen) atoms. The zero-order valence-electron chi connectivity index (χ0n) is 11.1. The highest BCUT2D eigenvalue weighted by atomic mass is 16.5. The normalized spacial score (nSPS) is 10.1. The third-order valence-electron chi connectivity index (χ3n) is 2.50. The summed E-state index contributed by atoms with van der Waals surface area (Å²) in [4.78, 5) is 26.9. The van der Waals surface area contributed by atoms with E-state index in [1.807, 2.05) is 0 Å². The lowest BCUT2D eigenvalue weighted by Gasteiger charge is -2.06. The van der Waals surface area contributed by atoms with Gasteiger partial charge in [-0.2, -0.15) is 4.98 Å². The van der Waals surface area contributed by atoms with Crippen LogP contribution >= 0.6 is 0 Å². The molecular weight excluding hydrogens is 260 g/mol. The van der Waals surface area contributed by atoms with E-state index in [0.717, 1.165) is 0 Å². The van der Waals surface area contributed by atoms with Gasteiger partial charge in [-0.3, -0.25) is 4.79 Å². The molecule has 0 radical (unpaired) electrons. The Morgan fingerprint density at radius 1 is 1.35 bits per heavy atom. The first-order valence-electron chi connectivity index (χ1n) is 5.99. The van der Waals surface area contributed by atoms with Gasteiger partial charge in [0.2, 0.25) is 5.89 Å². The maximum absolute atomic E-state index is 11.7. The molecule has 2 aromatic rings. The number of hydrogen-bond acceptors (Lipinski definition) is 5. The Hall–Kier alpha value is -2.70. The van der Waals surface area contributed by atoms with Gasteiger partial charge in [-0.25, -0.2) is 4.79 Å². The molecule has 104 valence electrons. The molecule has 2 rings (SSSR count). The summed E-state index contributed by atoms with van der Waals surface area (Å²) in [7, 11) is 0. The molecule has 2 amide bonds. The number of carbonyl (C=O) groups is 2. The van der Waals surface area contributed by atoms with Crippen LogP contribution in [-0.2, 0) is 6.54 Å². The van der Waals surface area contributed by atoms with Crippen molar-refractivity contribution in [3.63, 3.8) is 0 Å². The van der Waals surface area contributed by atoms with E-state index >= 15 is 0 Å². The molecule has 0 bridgehead atoms. The minimum atomic E-state index is -0.409. The minimum absolute atomic E-state index is 0.0590. The van der Waals surface area contributed by atoms with Gasteiger partial charge in [-0.05, 0) is 19.1 Å². The SMILES string of the molecule is CC(=O)c1cccc(NC(=O)NCc2noc(C)n2)c1. The standard InChI is InChI=1S/C13H14N4O3/c1-8(18)10-4-3-5-11(6-10)16-13(19)14-7-12-15-9(2)20-17-12/h3-6H,7H2,1-2H3,(H2,14,16,19). The molecule has 0 aliphatic rings. The van der Waals surface area contributed by atoms with Crippen LogP contribution in [0.4, 0.5) is 10.5 Å². The first kappa shape index (κ1) is 13.7. The molecule has 0 saturated carbocycles. The van der Waals surface area contributed by atoms with Gasteiger partial charge in [0.05, 0.1) is 6.54 Å². The number of anilines is 1. The van der Waals surface area contributed by atoms with Gasteiger partial charge >= 0.3 is 6.03 Å². The molecule has 0 aliphatic carbocycles. The maximum atomic E-state index is 11.7. The Balaban J connectivity index is 1.91. The average Bonchev–Trinajstić information content (AvgIpc) is 2.82. The fourth-order valence-corrected chi connectivity index (χ4v) is 1.56. The number of rotatable bonds is 4. The van der Waals surface area contributed by atoms with E-state index in [2.05, 4.69) is 20.8 Å². The molecule has 0 unspecified atom stereocenters.